The van der Waals surface area contributed by atoms with Crippen LogP contribution in [0.4, 0.5) is 0 Å². The van der Waals surface area contributed by atoms with Gasteiger partial charge in [-0.1, -0.05) is 54.1 Å². The summed E-state index contributed by atoms with van der Waals surface area (Å²) in [6.45, 7) is 1.27. The van der Waals surface area contributed by atoms with Crippen LogP contribution in [0.1, 0.15) is 23.2 Å². The summed E-state index contributed by atoms with van der Waals surface area (Å²) in [5.74, 6) is -0.164. The third kappa shape index (κ3) is 3.75. The summed E-state index contributed by atoms with van der Waals surface area (Å²) in [6, 6.07) is 17.2. The fourth-order valence-electron chi connectivity index (χ4n) is 3.30. The van der Waals surface area contributed by atoms with Crippen molar-refractivity contribution in [3.63, 3.8) is 0 Å². The number of carbonyl (C=O) groups is 1. The third-order valence-electron chi connectivity index (χ3n) is 4.66. The highest BCUT2D eigenvalue weighted by molar-refractivity contribution is 6.32. The van der Waals surface area contributed by atoms with Crippen LogP contribution < -0.4 is 5.32 Å². The van der Waals surface area contributed by atoms with E-state index in [1.807, 2.05) is 54.6 Å². The molecule has 0 bridgehead atoms. The van der Waals surface area contributed by atoms with Crippen LogP contribution in [0.5, 0.6) is 0 Å². The van der Waals surface area contributed by atoms with Crippen LogP contribution in [0.2, 0.25) is 5.02 Å². The smallest absolute Gasteiger partial charge is 0.255 e. The molecule has 1 aromatic heterocycles. The summed E-state index contributed by atoms with van der Waals surface area (Å²) in [7, 11) is 0. The third-order valence-corrected chi connectivity index (χ3v) is 4.98. The second-order valence-electron chi connectivity index (χ2n) is 6.48. The predicted molar refractivity (Wildman–Crippen MR) is 105 cm³/mol. The molecule has 0 saturated carbocycles. The van der Waals surface area contributed by atoms with Crippen molar-refractivity contribution in [1.29, 1.82) is 0 Å². The standard InChI is InChI=1S/C21H20ClN3O2/c22-18-10-4-5-11-19(18)25-20(15-7-2-1-3-8-15)17(14-24-25)21(26)23-13-16-9-6-12-27-16/h1-5,7-8,10-11,14,16H,6,9,12-13H2,(H,23,26)/t16-/m1/s1. The van der Waals surface area contributed by atoms with Crippen molar-refractivity contribution in [2.24, 2.45) is 0 Å². The van der Waals surface area contributed by atoms with E-state index in [-0.39, 0.29) is 12.0 Å². The van der Waals surface area contributed by atoms with Gasteiger partial charge in [-0.05, 0) is 25.0 Å². The van der Waals surface area contributed by atoms with E-state index in [0.29, 0.717) is 22.8 Å². The number of aromatic nitrogens is 2. The van der Waals surface area contributed by atoms with Gasteiger partial charge in [-0.3, -0.25) is 4.79 Å². The maximum Gasteiger partial charge on any atom is 0.255 e. The molecule has 3 aromatic rings. The first-order chi connectivity index (χ1) is 13.2. The van der Waals surface area contributed by atoms with Gasteiger partial charge in [0.1, 0.15) is 0 Å². The molecule has 2 aromatic carbocycles. The molecule has 5 nitrogen and oxygen atoms in total. The number of halogens is 1. The number of carbonyl (C=O) groups excluding carboxylic acids is 1. The fraction of sp³-hybridized carbons (Fsp3) is 0.238. The minimum Gasteiger partial charge on any atom is -0.376 e. The molecule has 1 saturated heterocycles. The van der Waals surface area contributed by atoms with Gasteiger partial charge in [0.25, 0.3) is 5.91 Å². The SMILES string of the molecule is O=C(NC[C@H]1CCCO1)c1cnn(-c2ccccc2Cl)c1-c1ccccc1. The molecule has 0 unspecified atom stereocenters. The number of nitrogens with zero attached hydrogens (tertiary/aromatic N) is 2. The van der Waals surface area contributed by atoms with E-state index in [2.05, 4.69) is 10.4 Å². The van der Waals surface area contributed by atoms with E-state index < -0.39 is 0 Å². The van der Waals surface area contributed by atoms with Crippen LogP contribution in [-0.4, -0.2) is 34.9 Å². The Hall–Kier alpha value is -2.63. The monoisotopic (exact) mass is 381 g/mol. The van der Waals surface area contributed by atoms with Gasteiger partial charge >= 0.3 is 0 Å². The fourth-order valence-corrected chi connectivity index (χ4v) is 3.52. The van der Waals surface area contributed by atoms with E-state index in [1.165, 1.54) is 0 Å². The van der Waals surface area contributed by atoms with Crippen molar-refractivity contribution in [2.75, 3.05) is 13.2 Å². The van der Waals surface area contributed by atoms with Gasteiger partial charge in [-0.2, -0.15) is 5.10 Å². The first-order valence-corrected chi connectivity index (χ1v) is 9.40. The normalized spacial score (nSPS) is 16.4. The van der Waals surface area contributed by atoms with Gasteiger partial charge in [-0.15, -0.1) is 0 Å². The number of nitrogens with one attached hydrogen (secondary N) is 1. The summed E-state index contributed by atoms with van der Waals surface area (Å²) in [6.07, 6.45) is 3.70. The number of benzene rings is 2. The Morgan fingerprint density at radius 1 is 1.19 bits per heavy atom. The lowest BCUT2D eigenvalue weighted by atomic mass is 10.1. The molecule has 0 radical (unpaired) electrons. The van der Waals surface area contributed by atoms with Gasteiger partial charge in [0.2, 0.25) is 0 Å². The molecule has 138 valence electrons. The highest BCUT2D eigenvalue weighted by Gasteiger charge is 2.22. The maximum atomic E-state index is 12.9. The molecule has 1 aliphatic rings. The molecule has 1 aliphatic heterocycles. The lowest BCUT2D eigenvalue weighted by molar-refractivity contribution is 0.0858. The Balaban J connectivity index is 1.71. The van der Waals surface area contributed by atoms with E-state index in [1.54, 1.807) is 10.9 Å². The summed E-state index contributed by atoms with van der Waals surface area (Å²) < 4.78 is 7.31. The zero-order chi connectivity index (χ0) is 18.6. The average molecular weight is 382 g/mol. The Morgan fingerprint density at radius 2 is 1.96 bits per heavy atom. The average Bonchev–Trinajstić information content (AvgIpc) is 3.37. The molecule has 27 heavy (non-hydrogen) atoms. The highest BCUT2D eigenvalue weighted by atomic mass is 35.5. The van der Waals surface area contributed by atoms with Crippen LogP contribution in [-0.2, 0) is 4.74 Å². The number of hydrogen-bond acceptors (Lipinski definition) is 3. The lowest BCUT2D eigenvalue weighted by Crippen LogP contribution is -2.31. The predicted octanol–water partition coefficient (Wildman–Crippen LogP) is 4.10. The summed E-state index contributed by atoms with van der Waals surface area (Å²) in [4.78, 5) is 12.9. The molecule has 2 heterocycles. The van der Waals surface area contributed by atoms with Gasteiger partial charge in [0, 0.05) is 18.7 Å². The molecule has 0 spiro atoms. The van der Waals surface area contributed by atoms with Crippen LogP contribution in [0, 0.1) is 0 Å². The largest absolute Gasteiger partial charge is 0.376 e. The topological polar surface area (TPSA) is 56.1 Å². The van der Waals surface area contributed by atoms with E-state index in [9.17, 15) is 4.79 Å². The van der Waals surface area contributed by atoms with Gasteiger partial charge in [-0.25, -0.2) is 4.68 Å². The number of rotatable bonds is 5. The Morgan fingerprint density at radius 3 is 2.70 bits per heavy atom. The lowest BCUT2D eigenvalue weighted by Gasteiger charge is -2.13. The van der Waals surface area contributed by atoms with Crippen LogP contribution >= 0.6 is 11.6 Å². The minimum absolute atomic E-state index is 0.0905. The molecule has 1 atom stereocenters. The first kappa shape index (κ1) is 17.8. The van der Waals surface area contributed by atoms with E-state index in [0.717, 1.165) is 30.7 Å². The van der Waals surface area contributed by atoms with Crippen molar-refractivity contribution < 1.29 is 9.53 Å². The number of para-hydroxylation sites is 1. The summed E-state index contributed by atoms with van der Waals surface area (Å²) in [5.41, 5.74) is 2.86. The minimum atomic E-state index is -0.164. The Kier molecular flexibility index (Phi) is 5.23. The van der Waals surface area contributed by atoms with Crippen molar-refractivity contribution in [3.8, 4) is 16.9 Å². The molecule has 4 rings (SSSR count). The molecule has 0 aliphatic carbocycles. The van der Waals surface area contributed by atoms with Crippen molar-refractivity contribution in [1.82, 2.24) is 15.1 Å². The van der Waals surface area contributed by atoms with E-state index >= 15 is 0 Å². The molecular weight excluding hydrogens is 362 g/mol. The van der Waals surface area contributed by atoms with Crippen LogP contribution in [0.25, 0.3) is 16.9 Å². The summed E-state index contributed by atoms with van der Waals surface area (Å²) in [5, 5.41) is 8.02. The molecule has 1 fully saturated rings. The van der Waals surface area contributed by atoms with Crippen molar-refractivity contribution in [2.45, 2.75) is 18.9 Å². The van der Waals surface area contributed by atoms with Crippen molar-refractivity contribution in [3.05, 3.63) is 71.4 Å². The zero-order valence-electron chi connectivity index (χ0n) is 14.8. The Labute approximate surface area is 162 Å². The van der Waals surface area contributed by atoms with Gasteiger partial charge in [0.15, 0.2) is 0 Å². The second kappa shape index (κ2) is 7.94. The highest BCUT2D eigenvalue weighted by Crippen LogP contribution is 2.29. The second-order valence-corrected chi connectivity index (χ2v) is 6.89. The zero-order valence-corrected chi connectivity index (χ0v) is 15.5. The van der Waals surface area contributed by atoms with Crippen LogP contribution in [0.3, 0.4) is 0 Å². The van der Waals surface area contributed by atoms with Gasteiger partial charge in [0.05, 0.1) is 34.3 Å². The molecule has 1 amide bonds. The number of hydrogen-bond donors (Lipinski definition) is 1. The molecule has 1 N–H and O–H groups in total. The summed E-state index contributed by atoms with van der Waals surface area (Å²) >= 11 is 6.38. The molecule has 6 heteroatoms. The van der Waals surface area contributed by atoms with E-state index in [4.69, 9.17) is 16.3 Å². The van der Waals surface area contributed by atoms with Crippen molar-refractivity contribution >= 4 is 17.5 Å². The number of ether oxygens (including phenoxy) is 1. The van der Waals surface area contributed by atoms with Gasteiger partial charge < -0.3 is 10.1 Å². The maximum absolute atomic E-state index is 12.9. The molecular formula is C21H20ClN3O2. The van der Waals surface area contributed by atoms with Crippen LogP contribution in [0.15, 0.2) is 60.8 Å². The number of amides is 1. The Bertz CT molecular complexity index is 934. The first-order valence-electron chi connectivity index (χ1n) is 9.02. The quantitative estimate of drug-likeness (QED) is 0.723.